The van der Waals surface area contributed by atoms with E-state index in [0.717, 1.165) is 42.4 Å². The number of nitrogens with zero attached hydrogens (tertiary/aromatic N) is 3. The van der Waals surface area contributed by atoms with Crippen molar-refractivity contribution < 1.29 is 9.53 Å². The van der Waals surface area contributed by atoms with E-state index in [1.54, 1.807) is 18.2 Å². The fraction of sp³-hybridized carbons (Fsp3) is 0.379. The van der Waals surface area contributed by atoms with E-state index in [4.69, 9.17) is 4.74 Å². The zero-order valence-corrected chi connectivity index (χ0v) is 20.2. The summed E-state index contributed by atoms with van der Waals surface area (Å²) in [5.41, 5.74) is 3.85. The molecule has 0 saturated carbocycles. The van der Waals surface area contributed by atoms with Crippen LogP contribution < -0.4 is 4.74 Å². The minimum absolute atomic E-state index is 0.288. The highest BCUT2D eigenvalue weighted by atomic mass is 16.5. The molecule has 5 heteroatoms. The van der Waals surface area contributed by atoms with Crippen molar-refractivity contribution in [2.24, 2.45) is 0 Å². The molecule has 0 atom stereocenters. The predicted octanol–water partition coefficient (Wildman–Crippen LogP) is 7.09. The lowest BCUT2D eigenvalue weighted by atomic mass is 10.0. The predicted molar refractivity (Wildman–Crippen MR) is 135 cm³/mol. The number of ether oxygens (including phenoxy) is 1. The van der Waals surface area contributed by atoms with Crippen molar-refractivity contribution in [3.63, 3.8) is 0 Å². The summed E-state index contributed by atoms with van der Waals surface area (Å²) in [7, 11) is 0. The van der Waals surface area contributed by atoms with Crippen molar-refractivity contribution in [1.29, 1.82) is 5.26 Å². The van der Waals surface area contributed by atoms with Crippen LogP contribution in [0.15, 0.2) is 54.9 Å². The Morgan fingerprint density at radius 3 is 2.18 bits per heavy atom. The van der Waals surface area contributed by atoms with Crippen molar-refractivity contribution in [3.8, 4) is 23.2 Å². The molecule has 0 N–H and O–H groups in total. The van der Waals surface area contributed by atoms with Crippen LogP contribution in [-0.4, -0.2) is 15.9 Å². The molecule has 0 radical (unpaired) electrons. The molecule has 0 saturated heterocycles. The molecular formula is C29H33N3O2. The van der Waals surface area contributed by atoms with Crippen LogP contribution in [0.25, 0.3) is 11.4 Å². The molecule has 0 unspecified atom stereocenters. The zero-order valence-electron chi connectivity index (χ0n) is 20.2. The number of nitriles is 1. The number of esters is 1. The van der Waals surface area contributed by atoms with Gasteiger partial charge < -0.3 is 4.74 Å². The highest BCUT2D eigenvalue weighted by Gasteiger charge is 2.13. The van der Waals surface area contributed by atoms with Crippen LogP contribution in [0.1, 0.15) is 85.8 Å². The van der Waals surface area contributed by atoms with Gasteiger partial charge in [-0.3, -0.25) is 0 Å². The van der Waals surface area contributed by atoms with Gasteiger partial charge in [0.15, 0.2) is 5.82 Å². The van der Waals surface area contributed by atoms with Crippen molar-refractivity contribution in [1.82, 2.24) is 9.97 Å². The Bertz CT molecular complexity index is 1100. The van der Waals surface area contributed by atoms with E-state index in [2.05, 4.69) is 29.9 Å². The first-order valence-corrected chi connectivity index (χ1v) is 12.3. The van der Waals surface area contributed by atoms with Crippen molar-refractivity contribution in [3.05, 3.63) is 77.1 Å². The maximum absolute atomic E-state index is 12.7. The third-order valence-corrected chi connectivity index (χ3v) is 5.84. The zero-order chi connectivity index (χ0) is 24.2. The second kappa shape index (κ2) is 13.3. The van der Waals surface area contributed by atoms with Gasteiger partial charge in [0.25, 0.3) is 0 Å². The smallest absolute Gasteiger partial charge is 0.343 e. The molecule has 0 aliphatic rings. The van der Waals surface area contributed by atoms with Gasteiger partial charge in [-0.15, -0.1) is 0 Å². The standard InChI is InChI=1S/C29H33N3O2/c1-3-5-7-9-10-22-12-17-27(26(18-22)19-30)34-29(33)25-15-13-24(14-16-25)28-31-20-23(21-32-28)11-8-6-4-2/h12-18,20-21H,3-11H2,1-2H3. The van der Waals surface area contributed by atoms with Gasteiger partial charge in [-0.25, -0.2) is 14.8 Å². The summed E-state index contributed by atoms with van der Waals surface area (Å²) in [5.74, 6) is 0.419. The summed E-state index contributed by atoms with van der Waals surface area (Å²) < 4.78 is 5.54. The first-order valence-electron chi connectivity index (χ1n) is 12.3. The molecule has 0 bridgehead atoms. The first kappa shape index (κ1) is 25.1. The second-order valence-electron chi connectivity index (χ2n) is 8.59. The largest absolute Gasteiger partial charge is 0.422 e. The average molecular weight is 456 g/mol. The summed E-state index contributed by atoms with van der Waals surface area (Å²) >= 11 is 0. The van der Waals surface area contributed by atoms with E-state index in [1.807, 2.05) is 36.7 Å². The summed E-state index contributed by atoms with van der Waals surface area (Å²) in [6, 6.07) is 14.6. The lowest BCUT2D eigenvalue weighted by Crippen LogP contribution is -2.09. The van der Waals surface area contributed by atoms with Gasteiger partial charge in [-0.1, -0.05) is 64.2 Å². The maximum Gasteiger partial charge on any atom is 0.343 e. The Morgan fingerprint density at radius 2 is 1.50 bits per heavy atom. The van der Waals surface area contributed by atoms with Crippen LogP contribution in [0.5, 0.6) is 5.75 Å². The minimum Gasteiger partial charge on any atom is -0.422 e. The number of hydrogen-bond donors (Lipinski definition) is 0. The van der Waals surface area contributed by atoms with E-state index < -0.39 is 5.97 Å². The molecule has 2 aromatic carbocycles. The molecule has 1 aromatic heterocycles. The molecule has 5 nitrogen and oxygen atoms in total. The molecule has 3 rings (SSSR count). The molecule has 176 valence electrons. The molecule has 0 aliphatic heterocycles. The molecule has 0 spiro atoms. The first-order chi connectivity index (χ1) is 16.6. The van der Waals surface area contributed by atoms with Gasteiger partial charge in [0.1, 0.15) is 11.8 Å². The lowest BCUT2D eigenvalue weighted by Gasteiger charge is -2.09. The number of carbonyl (C=O) groups excluding carboxylic acids is 1. The van der Waals surface area contributed by atoms with Crippen LogP contribution in [0, 0.1) is 11.3 Å². The Morgan fingerprint density at radius 1 is 0.853 bits per heavy atom. The monoisotopic (exact) mass is 455 g/mol. The van der Waals surface area contributed by atoms with E-state index >= 15 is 0 Å². The van der Waals surface area contributed by atoms with Crippen LogP contribution in [0.2, 0.25) is 0 Å². The fourth-order valence-electron chi connectivity index (χ4n) is 3.79. The van der Waals surface area contributed by atoms with Crippen LogP contribution in [0.4, 0.5) is 0 Å². The highest BCUT2D eigenvalue weighted by molar-refractivity contribution is 5.91. The summed E-state index contributed by atoms with van der Waals surface area (Å²) in [5, 5.41) is 9.52. The maximum atomic E-state index is 12.7. The Balaban J connectivity index is 1.62. The van der Waals surface area contributed by atoms with E-state index in [-0.39, 0.29) is 5.75 Å². The Labute approximate surface area is 202 Å². The van der Waals surface area contributed by atoms with Crippen molar-refractivity contribution in [2.75, 3.05) is 0 Å². The van der Waals surface area contributed by atoms with Gasteiger partial charge in [-0.2, -0.15) is 5.26 Å². The third kappa shape index (κ3) is 7.25. The third-order valence-electron chi connectivity index (χ3n) is 5.84. The summed E-state index contributed by atoms with van der Waals surface area (Å²) in [6.07, 6.45) is 13.9. The molecule has 34 heavy (non-hydrogen) atoms. The van der Waals surface area contributed by atoms with Crippen LogP contribution in [-0.2, 0) is 12.8 Å². The van der Waals surface area contributed by atoms with Crippen molar-refractivity contribution >= 4 is 5.97 Å². The molecular weight excluding hydrogens is 422 g/mol. The highest BCUT2D eigenvalue weighted by Crippen LogP contribution is 2.23. The van der Waals surface area contributed by atoms with Gasteiger partial charge >= 0.3 is 5.97 Å². The Kier molecular flexibility index (Phi) is 9.79. The van der Waals surface area contributed by atoms with Crippen molar-refractivity contribution in [2.45, 2.75) is 71.6 Å². The molecule has 0 fully saturated rings. The SMILES string of the molecule is CCCCCCc1ccc(OC(=O)c2ccc(-c3ncc(CCCCC)cn3)cc2)c(C#N)c1. The number of aryl methyl sites for hydroxylation is 2. The average Bonchev–Trinajstić information content (AvgIpc) is 2.88. The number of carbonyl (C=O) groups is 1. The summed E-state index contributed by atoms with van der Waals surface area (Å²) in [4.78, 5) is 21.6. The number of benzene rings is 2. The van der Waals surface area contributed by atoms with Gasteiger partial charge in [0.2, 0.25) is 0 Å². The molecule has 1 heterocycles. The second-order valence-corrected chi connectivity index (χ2v) is 8.59. The van der Waals surface area contributed by atoms with E-state index in [9.17, 15) is 10.1 Å². The van der Waals surface area contributed by atoms with Gasteiger partial charge in [0.05, 0.1) is 11.1 Å². The van der Waals surface area contributed by atoms with Gasteiger partial charge in [0, 0.05) is 18.0 Å². The molecule has 0 amide bonds. The minimum atomic E-state index is -0.495. The Hall–Kier alpha value is -3.52. The number of aromatic nitrogens is 2. The number of rotatable bonds is 12. The van der Waals surface area contributed by atoms with Crippen LogP contribution >= 0.6 is 0 Å². The number of unbranched alkanes of at least 4 members (excludes halogenated alkanes) is 5. The quantitative estimate of drug-likeness (QED) is 0.165. The molecule has 3 aromatic rings. The van der Waals surface area contributed by atoms with Crippen LogP contribution in [0.3, 0.4) is 0 Å². The fourth-order valence-corrected chi connectivity index (χ4v) is 3.79. The lowest BCUT2D eigenvalue weighted by molar-refractivity contribution is 0.0734. The van der Waals surface area contributed by atoms with E-state index in [1.165, 1.54) is 32.1 Å². The topological polar surface area (TPSA) is 75.9 Å². The van der Waals surface area contributed by atoms with Gasteiger partial charge in [-0.05, 0) is 61.1 Å². The molecule has 0 aliphatic carbocycles. The van der Waals surface area contributed by atoms with E-state index in [0.29, 0.717) is 17.0 Å². The normalized spacial score (nSPS) is 10.6. The number of hydrogen-bond acceptors (Lipinski definition) is 5. The summed E-state index contributed by atoms with van der Waals surface area (Å²) in [6.45, 7) is 4.37.